The average molecular weight is 313 g/mol. The minimum atomic E-state index is -0.234. The Labute approximate surface area is 113 Å². The fraction of sp³-hybridized carbons (Fsp3) is 0.333. The second-order valence-corrected chi connectivity index (χ2v) is 4.63. The summed E-state index contributed by atoms with van der Waals surface area (Å²) in [5, 5.41) is 13.6. The van der Waals surface area contributed by atoms with Gasteiger partial charge in [0, 0.05) is 11.1 Å². The molecule has 6 heteroatoms. The first kappa shape index (κ1) is 13.0. The number of aromatic hydroxyl groups is 1. The first-order chi connectivity index (χ1) is 8.61. The molecule has 96 valence electrons. The fourth-order valence-corrected chi connectivity index (χ4v) is 1.87. The number of benzene rings is 1. The summed E-state index contributed by atoms with van der Waals surface area (Å²) in [4.78, 5) is 4.22. The summed E-state index contributed by atoms with van der Waals surface area (Å²) < 4.78 is 11.3. The van der Waals surface area contributed by atoms with Gasteiger partial charge in [0.05, 0.1) is 5.56 Å². The Bertz CT molecular complexity index is 542. The molecule has 1 aromatic carbocycles. The smallest absolute Gasteiger partial charge is 0.261 e. The average Bonchev–Trinajstić information content (AvgIpc) is 2.82. The Morgan fingerprint density at radius 2 is 2.28 bits per heavy atom. The highest BCUT2D eigenvalue weighted by Gasteiger charge is 2.17. The molecule has 1 atom stereocenters. The van der Waals surface area contributed by atoms with Crippen molar-refractivity contribution in [1.29, 1.82) is 0 Å². The summed E-state index contributed by atoms with van der Waals surface area (Å²) in [6, 6.07) is 5.02. The molecule has 1 aromatic heterocycles. The van der Waals surface area contributed by atoms with E-state index in [2.05, 4.69) is 26.1 Å². The zero-order valence-electron chi connectivity index (χ0n) is 10.1. The van der Waals surface area contributed by atoms with Crippen LogP contribution in [0, 0.1) is 0 Å². The molecule has 0 radical (unpaired) electrons. The van der Waals surface area contributed by atoms with Crippen LogP contribution in [0.15, 0.2) is 27.2 Å². The van der Waals surface area contributed by atoms with E-state index in [1.54, 1.807) is 18.2 Å². The van der Waals surface area contributed by atoms with Crippen LogP contribution in [0.25, 0.3) is 11.5 Å². The lowest BCUT2D eigenvalue weighted by molar-refractivity contribution is 0.0683. The molecule has 2 aromatic rings. The number of nitrogens with zero attached hydrogens (tertiary/aromatic N) is 2. The van der Waals surface area contributed by atoms with E-state index >= 15 is 0 Å². The summed E-state index contributed by atoms with van der Waals surface area (Å²) in [5.74, 6) is 0.832. The van der Waals surface area contributed by atoms with Crippen LogP contribution in [-0.4, -0.2) is 21.9 Å². The van der Waals surface area contributed by atoms with Gasteiger partial charge in [0.1, 0.15) is 11.9 Å². The predicted octanol–water partition coefficient (Wildman–Crippen LogP) is 3.30. The molecule has 18 heavy (non-hydrogen) atoms. The van der Waals surface area contributed by atoms with E-state index in [-0.39, 0.29) is 17.7 Å². The maximum absolute atomic E-state index is 9.76. The number of ether oxygens (including phenoxy) is 1. The van der Waals surface area contributed by atoms with Gasteiger partial charge in [-0.3, -0.25) is 0 Å². The number of phenolic OH excluding ortho intramolecular Hbond substituents is 1. The van der Waals surface area contributed by atoms with Crippen molar-refractivity contribution in [3.05, 3.63) is 28.5 Å². The molecule has 0 bridgehead atoms. The third-order valence-electron chi connectivity index (χ3n) is 2.41. The van der Waals surface area contributed by atoms with E-state index in [1.807, 2.05) is 13.8 Å². The summed E-state index contributed by atoms with van der Waals surface area (Å²) >= 11 is 3.33. The van der Waals surface area contributed by atoms with Gasteiger partial charge < -0.3 is 14.4 Å². The van der Waals surface area contributed by atoms with Crippen LogP contribution in [0.4, 0.5) is 0 Å². The van der Waals surface area contributed by atoms with Gasteiger partial charge in [0.2, 0.25) is 5.82 Å². The van der Waals surface area contributed by atoms with Crippen LogP contribution in [-0.2, 0) is 4.74 Å². The normalized spacial score (nSPS) is 12.6. The second-order valence-electron chi connectivity index (χ2n) is 3.72. The van der Waals surface area contributed by atoms with Crippen molar-refractivity contribution in [2.24, 2.45) is 0 Å². The van der Waals surface area contributed by atoms with E-state index in [9.17, 15) is 5.11 Å². The molecule has 2 rings (SSSR count). The predicted molar refractivity (Wildman–Crippen MR) is 69.1 cm³/mol. The van der Waals surface area contributed by atoms with Gasteiger partial charge in [0.15, 0.2) is 0 Å². The lowest BCUT2D eigenvalue weighted by Gasteiger charge is -2.04. The number of rotatable bonds is 4. The van der Waals surface area contributed by atoms with Crippen molar-refractivity contribution in [3.8, 4) is 17.2 Å². The van der Waals surface area contributed by atoms with Gasteiger partial charge in [-0.25, -0.2) is 0 Å². The first-order valence-corrected chi connectivity index (χ1v) is 6.35. The van der Waals surface area contributed by atoms with E-state index in [1.165, 1.54) is 0 Å². The molecule has 0 saturated heterocycles. The molecule has 1 heterocycles. The standard InChI is InChI=1S/C12H13BrN2O3/c1-3-17-7(2)11-14-12(18-15-11)9-6-8(13)4-5-10(9)16/h4-7,16H,3H2,1-2H3. The summed E-state index contributed by atoms with van der Waals surface area (Å²) in [6.45, 7) is 4.32. The fourth-order valence-electron chi connectivity index (χ4n) is 1.51. The van der Waals surface area contributed by atoms with Gasteiger partial charge in [-0.05, 0) is 32.0 Å². The van der Waals surface area contributed by atoms with Crippen LogP contribution in [0.1, 0.15) is 25.8 Å². The molecule has 0 amide bonds. The minimum Gasteiger partial charge on any atom is -0.507 e. The minimum absolute atomic E-state index is 0.0949. The molecule has 0 fully saturated rings. The van der Waals surface area contributed by atoms with Crippen molar-refractivity contribution >= 4 is 15.9 Å². The topological polar surface area (TPSA) is 68.4 Å². The highest BCUT2D eigenvalue weighted by atomic mass is 79.9. The number of halogens is 1. The van der Waals surface area contributed by atoms with Crippen LogP contribution in [0.2, 0.25) is 0 Å². The second kappa shape index (κ2) is 5.49. The third kappa shape index (κ3) is 2.70. The molecule has 0 spiro atoms. The van der Waals surface area contributed by atoms with E-state index in [0.717, 1.165) is 4.47 Å². The lowest BCUT2D eigenvalue weighted by atomic mass is 10.2. The Morgan fingerprint density at radius 1 is 1.50 bits per heavy atom. The van der Waals surface area contributed by atoms with Crippen LogP contribution < -0.4 is 0 Å². The van der Waals surface area contributed by atoms with E-state index < -0.39 is 0 Å². The number of phenols is 1. The maximum atomic E-state index is 9.76. The number of hydrogen-bond acceptors (Lipinski definition) is 5. The molecular weight excluding hydrogens is 300 g/mol. The van der Waals surface area contributed by atoms with E-state index in [4.69, 9.17) is 9.26 Å². The Hall–Kier alpha value is -1.40. The van der Waals surface area contributed by atoms with Crippen molar-refractivity contribution in [2.75, 3.05) is 6.61 Å². The first-order valence-electron chi connectivity index (χ1n) is 5.56. The Balaban J connectivity index is 2.32. The number of hydrogen-bond donors (Lipinski definition) is 1. The van der Waals surface area contributed by atoms with Gasteiger partial charge in [-0.15, -0.1) is 0 Å². The molecule has 0 aliphatic heterocycles. The quantitative estimate of drug-likeness (QED) is 0.938. The zero-order valence-corrected chi connectivity index (χ0v) is 11.6. The van der Waals surface area contributed by atoms with Gasteiger partial charge in [-0.1, -0.05) is 21.1 Å². The van der Waals surface area contributed by atoms with Crippen molar-refractivity contribution in [2.45, 2.75) is 20.0 Å². The van der Waals surface area contributed by atoms with E-state index in [0.29, 0.717) is 18.0 Å². The van der Waals surface area contributed by atoms with Crippen LogP contribution in [0.5, 0.6) is 5.75 Å². The van der Waals surface area contributed by atoms with Crippen molar-refractivity contribution < 1.29 is 14.4 Å². The molecule has 0 saturated carbocycles. The number of aromatic nitrogens is 2. The van der Waals surface area contributed by atoms with Crippen LogP contribution >= 0.6 is 15.9 Å². The third-order valence-corrected chi connectivity index (χ3v) is 2.90. The van der Waals surface area contributed by atoms with Crippen LogP contribution in [0.3, 0.4) is 0 Å². The maximum Gasteiger partial charge on any atom is 0.261 e. The van der Waals surface area contributed by atoms with Gasteiger partial charge in [-0.2, -0.15) is 4.98 Å². The largest absolute Gasteiger partial charge is 0.507 e. The summed E-state index contributed by atoms with van der Waals surface area (Å²) in [5.41, 5.74) is 0.492. The SMILES string of the molecule is CCOC(C)c1noc(-c2cc(Br)ccc2O)n1. The highest BCUT2D eigenvalue weighted by Crippen LogP contribution is 2.31. The highest BCUT2D eigenvalue weighted by molar-refractivity contribution is 9.10. The van der Waals surface area contributed by atoms with Gasteiger partial charge in [0.25, 0.3) is 5.89 Å². The Morgan fingerprint density at radius 3 is 3.00 bits per heavy atom. The van der Waals surface area contributed by atoms with Gasteiger partial charge >= 0.3 is 0 Å². The molecule has 1 unspecified atom stereocenters. The monoisotopic (exact) mass is 312 g/mol. The zero-order chi connectivity index (χ0) is 13.1. The lowest BCUT2D eigenvalue weighted by Crippen LogP contribution is -2.01. The summed E-state index contributed by atoms with van der Waals surface area (Å²) in [7, 11) is 0. The molecule has 0 aliphatic carbocycles. The molecule has 0 aliphatic rings. The van der Waals surface area contributed by atoms with Crippen molar-refractivity contribution in [3.63, 3.8) is 0 Å². The van der Waals surface area contributed by atoms with Crippen molar-refractivity contribution in [1.82, 2.24) is 10.1 Å². The molecule has 5 nitrogen and oxygen atoms in total. The molecule has 1 N–H and O–H groups in total. The summed E-state index contributed by atoms with van der Waals surface area (Å²) in [6.07, 6.45) is -0.234. The Kier molecular flexibility index (Phi) is 3.98. The molecular formula is C12H13BrN2O3.